The maximum Gasteiger partial charge on any atom is 0.258 e. The lowest BCUT2D eigenvalue weighted by Gasteiger charge is -2.08. The largest absolute Gasteiger partial charge is 0.321 e. The van der Waals surface area contributed by atoms with E-state index in [1.807, 2.05) is 0 Å². The van der Waals surface area contributed by atoms with E-state index < -0.39 is 28.9 Å². The molecule has 0 fully saturated rings. The molecule has 0 unspecified atom stereocenters. The van der Waals surface area contributed by atoms with E-state index in [-0.39, 0.29) is 10.7 Å². The fraction of sp³-hybridized carbons (Fsp3) is 0. The van der Waals surface area contributed by atoms with Gasteiger partial charge in [-0.3, -0.25) is 4.79 Å². The Morgan fingerprint density at radius 3 is 2.37 bits per heavy atom. The summed E-state index contributed by atoms with van der Waals surface area (Å²) in [6, 6.07) is 7.83. The zero-order chi connectivity index (χ0) is 14.0. The van der Waals surface area contributed by atoms with Gasteiger partial charge in [0.05, 0.1) is 16.3 Å². The number of nitrogens with one attached hydrogen (secondary N) is 1. The minimum absolute atomic E-state index is 0.248. The summed E-state index contributed by atoms with van der Waals surface area (Å²) in [4.78, 5) is 11.8. The van der Waals surface area contributed by atoms with E-state index in [1.54, 1.807) is 12.1 Å². The van der Waals surface area contributed by atoms with Crippen LogP contribution in [0, 0.1) is 17.5 Å². The lowest BCUT2D eigenvalue weighted by molar-refractivity contribution is 0.102. The van der Waals surface area contributed by atoms with Crippen molar-refractivity contribution in [3.63, 3.8) is 0 Å². The molecule has 0 aromatic heterocycles. The molecule has 2 rings (SSSR count). The smallest absolute Gasteiger partial charge is 0.258 e. The zero-order valence-electron chi connectivity index (χ0n) is 9.38. The van der Waals surface area contributed by atoms with Crippen molar-refractivity contribution in [3.8, 4) is 0 Å². The average Bonchev–Trinajstić information content (AvgIpc) is 2.39. The van der Waals surface area contributed by atoms with Gasteiger partial charge in [-0.1, -0.05) is 23.7 Å². The van der Waals surface area contributed by atoms with Gasteiger partial charge in [-0.25, -0.2) is 13.2 Å². The fourth-order valence-electron chi connectivity index (χ4n) is 1.45. The predicted octanol–water partition coefficient (Wildman–Crippen LogP) is 4.01. The molecule has 19 heavy (non-hydrogen) atoms. The Balaban J connectivity index is 2.31. The third-order valence-corrected chi connectivity index (χ3v) is 2.73. The van der Waals surface area contributed by atoms with Crippen molar-refractivity contribution in [2.24, 2.45) is 0 Å². The highest BCUT2D eigenvalue weighted by molar-refractivity contribution is 6.33. The Morgan fingerprint density at radius 1 is 1.00 bits per heavy atom. The van der Waals surface area contributed by atoms with Crippen molar-refractivity contribution in [1.29, 1.82) is 0 Å². The van der Waals surface area contributed by atoms with E-state index in [0.717, 1.165) is 6.07 Å². The molecule has 1 N–H and O–H groups in total. The standard InChI is InChI=1S/C13H7ClF3NO/c14-8-3-1-2-4-10(8)18-13(19)7-5-6-9(15)12(17)11(7)16/h1-6H,(H,18,19). The summed E-state index contributed by atoms with van der Waals surface area (Å²) in [7, 11) is 0. The molecule has 0 atom stereocenters. The SMILES string of the molecule is O=C(Nc1ccccc1Cl)c1ccc(F)c(F)c1F. The minimum atomic E-state index is -1.69. The van der Waals surface area contributed by atoms with Crippen LogP contribution in [-0.4, -0.2) is 5.91 Å². The molecule has 6 heteroatoms. The Labute approximate surface area is 111 Å². The summed E-state index contributed by atoms with van der Waals surface area (Å²) in [6.07, 6.45) is 0. The lowest BCUT2D eigenvalue weighted by Crippen LogP contribution is -2.15. The minimum Gasteiger partial charge on any atom is -0.321 e. The number of hydrogen-bond acceptors (Lipinski definition) is 1. The number of amides is 1. The average molecular weight is 286 g/mol. The topological polar surface area (TPSA) is 29.1 Å². The molecule has 0 spiro atoms. The van der Waals surface area contributed by atoms with Crippen molar-refractivity contribution in [2.75, 3.05) is 5.32 Å². The highest BCUT2D eigenvalue weighted by Crippen LogP contribution is 2.22. The number of hydrogen-bond donors (Lipinski definition) is 1. The molecular formula is C13H7ClF3NO. The first-order valence-electron chi connectivity index (χ1n) is 5.20. The van der Waals surface area contributed by atoms with Crippen LogP contribution in [0.1, 0.15) is 10.4 Å². The van der Waals surface area contributed by atoms with Crippen LogP contribution in [0.15, 0.2) is 36.4 Å². The van der Waals surface area contributed by atoms with E-state index in [2.05, 4.69) is 5.32 Å². The molecule has 0 aliphatic rings. The van der Waals surface area contributed by atoms with Gasteiger partial charge < -0.3 is 5.32 Å². The van der Waals surface area contributed by atoms with Crippen molar-refractivity contribution < 1.29 is 18.0 Å². The molecule has 0 radical (unpaired) electrons. The van der Waals surface area contributed by atoms with Crippen LogP contribution in [0.4, 0.5) is 18.9 Å². The van der Waals surface area contributed by atoms with E-state index in [4.69, 9.17) is 11.6 Å². The van der Waals surface area contributed by atoms with Crippen molar-refractivity contribution in [2.45, 2.75) is 0 Å². The van der Waals surface area contributed by atoms with Gasteiger partial charge in [0.1, 0.15) is 0 Å². The summed E-state index contributed by atoms with van der Waals surface area (Å²) in [5, 5.41) is 2.56. The molecule has 0 bridgehead atoms. The summed E-state index contributed by atoms with van der Waals surface area (Å²) in [5.41, 5.74) is -0.350. The molecule has 2 nitrogen and oxygen atoms in total. The molecular weight excluding hydrogens is 279 g/mol. The van der Waals surface area contributed by atoms with Crippen molar-refractivity contribution in [1.82, 2.24) is 0 Å². The van der Waals surface area contributed by atoms with Crippen LogP contribution in [0.2, 0.25) is 5.02 Å². The van der Waals surface area contributed by atoms with Gasteiger partial charge in [0.15, 0.2) is 17.5 Å². The number of carbonyl (C=O) groups excluding carboxylic acids is 1. The van der Waals surface area contributed by atoms with Gasteiger partial charge in [-0.15, -0.1) is 0 Å². The summed E-state index contributed by atoms with van der Waals surface area (Å²) >= 11 is 5.81. The predicted molar refractivity (Wildman–Crippen MR) is 65.7 cm³/mol. The van der Waals surface area contributed by atoms with Crippen LogP contribution in [-0.2, 0) is 0 Å². The molecule has 0 saturated carbocycles. The van der Waals surface area contributed by atoms with Crippen LogP contribution in [0.3, 0.4) is 0 Å². The molecule has 1 amide bonds. The quantitative estimate of drug-likeness (QED) is 0.830. The van der Waals surface area contributed by atoms with Crippen molar-refractivity contribution >= 4 is 23.2 Å². The first-order chi connectivity index (χ1) is 9.00. The number of rotatable bonds is 2. The molecule has 0 saturated heterocycles. The Morgan fingerprint density at radius 2 is 1.68 bits per heavy atom. The second-order valence-corrected chi connectivity index (χ2v) is 4.06. The Hall–Kier alpha value is -2.01. The van der Waals surface area contributed by atoms with Gasteiger partial charge in [0, 0.05) is 0 Å². The monoisotopic (exact) mass is 285 g/mol. The van der Waals surface area contributed by atoms with Crippen LogP contribution in [0.25, 0.3) is 0 Å². The highest BCUT2D eigenvalue weighted by atomic mass is 35.5. The fourth-order valence-corrected chi connectivity index (χ4v) is 1.64. The molecule has 2 aromatic carbocycles. The Bertz CT molecular complexity index is 646. The van der Waals surface area contributed by atoms with Gasteiger partial charge in [-0.2, -0.15) is 0 Å². The van der Waals surface area contributed by atoms with Crippen LogP contribution < -0.4 is 5.32 Å². The third-order valence-electron chi connectivity index (χ3n) is 2.40. The van der Waals surface area contributed by atoms with Gasteiger partial charge in [0.2, 0.25) is 0 Å². The van der Waals surface area contributed by atoms with Gasteiger partial charge in [-0.05, 0) is 24.3 Å². The van der Waals surface area contributed by atoms with Crippen LogP contribution >= 0.6 is 11.6 Å². The second kappa shape index (κ2) is 5.32. The van der Waals surface area contributed by atoms with Gasteiger partial charge >= 0.3 is 0 Å². The number of halogens is 4. The highest BCUT2D eigenvalue weighted by Gasteiger charge is 2.19. The van der Waals surface area contributed by atoms with E-state index in [9.17, 15) is 18.0 Å². The first kappa shape index (κ1) is 13.4. The normalized spacial score (nSPS) is 10.3. The zero-order valence-corrected chi connectivity index (χ0v) is 10.1. The first-order valence-corrected chi connectivity index (χ1v) is 5.58. The summed E-state index contributed by atoms with van der Waals surface area (Å²) in [6.45, 7) is 0. The number of benzene rings is 2. The van der Waals surface area contributed by atoms with Crippen LogP contribution in [0.5, 0.6) is 0 Å². The van der Waals surface area contributed by atoms with E-state index in [0.29, 0.717) is 6.07 Å². The summed E-state index contributed by atoms with van der Waals surface area (Å²) < 4.78 is 39.2. The van der Waals surface area contributed by atoms with E-state index >= 15 is 0 Å². The Kier molecular flexibility index (Phi) is 3.76. The van der Waals surface area contributed by atoms with Gasteiger partial charge in [0.25, 0.3) is 5.91 Å². The molecule has 0 aliphatic carbocycles. The number of carbonyl (C=O) groups is 1. The number of para-hydroxylation sites is 1. The third kappa shape index (κ3) is 2.71. The molecule has 0 aliphatic heterocycles. The number of anilines is 1. The van der Waals surface area contributed by atoms with E-state index in [1.165, 1.54) is 12.1 Å². The van der Waals surface area contributed by atoms with Crippen molar-refractivity contribution in [3.05, 3.63) is 64.4 Å². The molecule has 0 heterocycles. The molecule has 98 valence electrons. The maximum absolute atomic E-state index is 13.4. The second-order valence-electron chi connectivity index (χ2n) is 3.66. The molecule has 2 aromatic rings. The lowest BCUT2D eigenvalue weighted by atomic mass is 10.1. The maximum atomic E-state index is 13.4. The summed E-state index contributed by atoms with van der Waals surface area (Å²) in [5.74, 6) is -5.49.